The van der Waals surface area contributed by atoms with E-state index in [4.69, 9.17) is 4.74 Å². The van der Waals surface area contributed by atoms with Crippen LogP contribution in [0.2, 0.25) is 0 Å². The molecule has 0 unspecified atom stereocenters. The van der Waals surface area contributed by atoms with E-state index in [9.17, 15) is 19.8 Å². The Labute approximate surface area is 116 Å². The van der Waals surface area contributed by atoms with E-state index in [2.05, 4.69) is 5.32 Å². The van der Waals surface area contributed by atoms with Crippen molar-refractivity contribution in [1.82, 2.24) is 0 Å². The molecular weight excluding hydrogens is 262 g/mol. The van der Waals surface area contributed by atoms with Gasteiger partial charge in [0.15, 0.2) is 0 Å². The third-order valence-corrected chi connectivity index (χ3v) is 3.62. The summed E-state index contributed by atoms with van der Waals surface area (Å²) in [5.74, 6) is -1.85. The van der Waals surface area contributed by atoms with Crippen LogP contribution >= 0.6 is 0 Å². The van der Waals surface area contributed by atoms with E-state index >= 15 is 0 Å². The van der Waals surface area contributed by atoms with Crippen LogP contribution in [-0.4, -0.2) is 34.3 Å². The van der Waals surface area contributed by atoms with Crippen molar-refractivity contribution < 1.29 is 24.5 Å². The summed E-state index contributed by atoms with van der Waals surface area (Å²) in [4.78, 5) is 24.2. The lowest BCUT2D eigenvalue weighted by Crippen LogP contribution is -2.60. The number of carbonyl (C=O) groups is 2. The third kappa shape index (κ3) is 1.72. The largest absolute Gasteiger partial charge is 0.464 e. The first-order valence-electron chi connectivity index (χ1n) is 6.44. The average molecular weight is 279 g/mol. The number of rotatable bonds is 4. The van der Waals surface area contributed by atoms with E-state index in [1.165, 1.54) is 13.0 Å². The number of aliphatic hydroxyl groups is 2. The summed E-state index contributed by atoms with van der Waals surface area (Å²) in [5.41, 5.74) is -4.15. The molecule has 0 spiro atoms. The van der Waals surface area contributed by atoms with Gasteiger partial charge in [-0.1, -0.05) is 25.1 Å². The fourth-order valence-electron chi connectivity index (χ4n) is 2.45. The van der Waals surface area contributed by atoms with Gasteiger partial charge in [-0.3, -0.25) is 4.79 Å². The molecule has 6 heteroatoms. The Morgan fingerprint density at radius 2 is 2.05 bits per heavy atom. The second kappa shape index (κ2) is 4.88. The van der Waals surface area contributed by atoms with Gasteiger partial charge in [0.2, 0.25) is 11.2 Å². The molecule has 6 nitrogen and oxygen atoms in total. The van der Waals surface area contributed by atoms with Crippen molar-refractivity contribution in [1.29, 1.82) is 0 Å². The van der Waals surface area contributed by atoms with E-state index < -0.39 is 23.1 Å². The van der Waals surface area contributed by atoms with E-state index in [1.807, 2.05) is 0 Å². The molecule has 2 atom stereocenters. The van der Waals surface area contributed by atoms with E-state index in [0.29, 0.717) is 5.69 Å². The number of esters is 1. The van der Waals surface area contributed by atoms with Crippen molar-refractivity contribution in [2.75, 3.05) is 11.9 Å². The Morgan fingerprint density at radius 1 is 1.40 bits per heavy atom. The zero-order chi connectivity index (χ0) is 15.0. The molecule has 20 heavy (non-hydrogen) atoms. The van der Waals surface area contributed by atoms with Crippen LogP contribution < -0.4 is 5.32 Å². The predicted molar refractivity (Wildman–Crippen MR) is 70.8 cm³/mol. The lowest BCUT2D eigenvalue weighted by Gasteiger charge is -2.36. The number of ether oxygens (including phenoxy) is 1. The molecule has 0 aromatic heterocycles. The molecule has 1 heterocycles. The normalized spacial score (nSPS) is 23.7. The van der Waals surface area contributed by atoms with Gasteiger partial charge in [-0.25, -0.2) is 4.79 Å². The number of hydrogen-bond acceptors (Lipinski definition) is 5. The molecule has 1 aromatic rings. The molecule has 0 saturated heterocycles. The maximum atomic E-state index is 12.1. The lowest BCUT2D eigenvalue weighted by atomic mass is 9.76. The number of hydrogen-bond donors (Lipinski definition) is 3. The second-order valence-electron chi connectivity index (χ2n) is 4.64. The molecule has 108 valence electrons. The Bertz CT molecular complexity index is 558. The van der Waals surface area contributed by atoms with Crippen LogP contribution in [0.15, 0.2) is 24.3 Å². The molecule has 1 aliphatic heterocycles. The number of anilines is 1. The SMILES string of the molecule is CCOC(=O)[C@](O)(CC)[C@@]1(O)C(=O)Nc2ccccc21. The van der Waals surface area contributed by atoms with Gasteiger partial charge in [-0.15, -0.1) is 0 Å². The summed E-state index contributed by atoms with van der Waals surface area (Å²) in [6.45, 7) is 3.13. The van der Waals surface area contributed by atoms with Gasteiger partial charge < -0.3 is 20.3 Å². The Balaban J connectivity index is 2.58. The van der Waals surface area contributed by atoms with Gasteiger partial charge in [0, 0.05) is 11.3 Å². The number of carbonyl (C=O) groups excluding carboxylic acids is 2. The van der Waals surface area contributed by atoms with Crippen molar-refractivity contribution in [2.45, 2.75) is 31.5 Å². The van der Waals surface area contributed by atoms with Crippen molar-refractivity contribution in [3.05, 3.63) is 29.8 Å². The van der Waals surface area contributed by atoms with Crippen LogP contribution in [0.5, 0.6) is 0 Å². The zero-order valence-corrected chi connectivity index (χ0v) is 11.3. The van der Waals surface area contributed by atoms with Gasteiger partial charge >= 0.3 is 5.97 Å². The molecule has 1 amide bonds. The van der Waals surface area contributed by atoms with Crippen LogP contribution in [0.4, 0.5) is 5.69 Å². The average Bonchev–Trinajstić information content (AvgIpc) is 2.71. The summed E-state index contributed by atoms with van der Waals surface area (Å²) in [5, 5.41) is 23.8. The first-order chi connectivity index (χ1) is 9.41. The highest BCUT2D eigenvalue weighted by atomic mass is 16.6. The smallest absolute Gasteiger partial charge is 0.342 e. The molecule has 0 radical (unpaired) electrons. The van der Waals surface area contributed by atoms with Crippen molar-refractivity contribution >= 4 is 17.6 Å². The molecule has 1 aromatic carbocycles. The van der Waals surface area contributed by atoms with Gasteiger partial charge in [0.25, 0.3) is 5.91 Å². The van der Waals surface area contributed by atoms with Crippen LogP contribution in [0, 0.1) is 0 Å². The monoisotopic (exact) mass is 279 g/mol. The minimum Gasteiger partial charge on any atom is -0.464 e. The molecule has 0 bridgehead atoms. The standard InChI is InChI=1S/C14H17NO5/c1-3-13(18,12(17)20-4-2)14(19)9-7-5-6-8-10(9)15-11(14)16/h5-8,18-19H,3-4H2,1-2H3,(H,15,16)/t13-,14+/m1/s1. The zero-order valence-electron chi connectivity index (χ0n) is 11.3. The van der Waals surface area contributed by atoms with Gasteiger partial charge in [0.05, 0.1) is 6.61 Å². The highest BCUT2D eigenvalue weighted by molar-refractivity contribution is 6.09. The second-order valence-corrected chi connectivity index (χ2v) is 4.64. The van der Waals surface area contributed by atoms with Crippen LogP contribution in [0.1, 0.15) is 25.8 Å². The number of amides is 1. The summed E-state index contributed by atoms with van der Waals surface area (Å²) < 4.78 is 4.81. The van der Waals surface area contributed by atoms with Crippen LogP contribution in [-0.2, 0) is 19.9 Å². The number of fused-ring (bicyclic) bond motifs is 1. The number of nitrogens with one attached hydrogen (secondary N) is 1. The molecular formula is C14H17NO5. The Morgan fingerprint density at radius 3 is 2.65 bits per heavy atom. The summed E-state index contributed by atoms with van der Waals surface area (Å²) in [6.07, 6.45) is -0.163. The van der Waals surface area contributed by atoms with Crippen LogP contribution in [0.3, 0.4) is 0 Å². The predicted octanol–water partition coefficient (Wildman–Crippen LogP) is 0.530. The van der Waals surface area contributed by atoms with Crippen molar-refractivity contribution in [3.63, 3.8) is 0 Å². The quantitative estimate of drug-likeness (QED) is 0.699. The summed E-state index contributed by atoms with van der Waals surface area (Å²) >= 11 is 0. The van der Waals surface area contributed by atoms with Crippen molar-refractivity contribution in [3.8, 4) is 0 Å². The van der Waals surface area contributed by atoms with Crippen molar-refractivity contribution in [2.24, 2.45) is 0 Å². The summed E-state index contributed by atoms with van der Waals surface area (Å²) in [6, 6.07) is 6.38. The van der Waals surface area contributed by atoms with Gasteiger partial charge in [0.1, 0.15) is 0 Å². The number of benzene rings is 1. The highest BCUT2D eigenvalue weighted by Crippen LogP contribution is 2.44. The minimum atomic E-state index is -2.36. The lowest BCUT2D eigenvalue weighted by molar-refractivity contribution is -0.201. The van der Waals surface area contributed by atoms with Gasteiger partial charge in [-0.2, -0.15) is 0 Å². The molecule has 0 saturated carbocycles. The maximum absolute atomic E-state index is 12.1. The fraction of sp³-hybridized carbons (Fsp3) is 0.429. The summed E-state index contributed by atoms with van der Waals surface area (Å²) in [7, 11) is 0. The molecule has 1 aliphatic rings. The van der Waals surface area contributed by atoms with E-state index in [0.717, 1.165) is 0 Å². The first kappa shape index (κ1) is 14.5. The maximum Gasteiger partial charge on any atom is 0.342 e. The highest BCUT2D eigenvalue weighted by Gasteiger charge is 2.64. The van der Waals surface area contributed by atoms with Gasteiger partial charge in [-0.05, 0) is 19.4 Å². The molecule has 3 N–H and O–H groups in total. The topological polar surface area (TPSA) is 95.9 Å². The molecule has 0 aliphatic carbocycles. The third-order valence-electron chi connectivity index (χ3n) is 3.62. The van der Waals surface area contributed by atoms with E-state index in [1.54, 1.807) is 25.1 Å². The first-order valence-corrected chi connectivity index (χ1v) is 6.44. The van der Waals surface area contributed by atoms with E-state index in [-0.39, 0.29) is 18.6 Å². The molecule has 2 rings (SSSR count). The number of para-hydroxylation sites is 1. The van der Waals surface area contributed by atoms with Crippen LogP contribution in [0.25, 0.3) is 0 Å². The minimum absolute atomic E-state index is 0.0422. The fourth-order valence-corrected chi connectivity index (χ4v) is 2.45. The Kier molecular flexibility index (Phi) is 3.54. The Hall–Kier alpha value is -1.92. The molecule has 0 fully saturated rings.